The van der Waals surface area contributed by atoms with Crippen molar-refractivity contribution < 1.29 is 22.7 Å². The van der Waals surface area contributed by atoms with Gasteiger partial charge in [-0.2, -0.15) is 0 Å². The van der Waals surface area contributed by atoms with Gasteiger partial charge in [0.1, 0.15) is 24.1 Å². The van der Waals surface area contributed by atoms with Gasteiger partial charge in [0.25, 0.3) is 10.0 Å². The summed E-state index contributed by atoms with van der Waals surface area (Å²) in [7, 11) is -4.24. The van der Waals surface area contributed by atoms with E-state index < -0.39 is 28.5 Å². The van der Waals surface area contributed by atoms with Crippen molar-refractivity contribution in [2.45, 2.75) is 64.1 Å². The van der Waals surface area contributed by atoms with Gasteiger partial charge in [-0.1, -0.05) is 97.4 Å². The highest BCUT2D eigenvalue weighted by molar-refractivity contribution is 7.92. The molecule has 2 atom stereocenters. The number of ether oxygens (including phenoxy) is 1. The molecule has 0 aromatic heterocycles. The van der Waals surface area contributed by atoms with Gasteiger partial charge < -0.3 is 15.0 Å². The maximum atomic E-state index is 14.8. The summed E-state index contributed by atoms with van der Waals surface area (Å²) < 4.78 is 35.9. The predicted octanol–water partition coefficient (Wildman–Crippen LogP) is 7.85. The Balaban J connectivity index is 1.57. The fourth-order valence-corrected chi connectivity index (χ4v) is 7.05. The number of benzene rings is 5. The van der Waals surface area contributed by atoms with Crippen LogP contribution in [0.25, 0.3) is 0 Å². The molecule has 0 heterocycles. The second-order valence-corrected chi connectivity index (χ2v) is 14.6. The summed E-state index contributed by atoms with van der Waals surface area (Å²) in [6, 6.07) is 38.6. The number of sulfonamides is 1. The number of hydrogen-bond acceptors (Lipinski definition) is 5. The van der Waals surface area contributed by atoms with Crippen molar-refractivity contribution in [3.63, 3.8) is 0 Å². The van der Waals surface area contributed by atoms with E-state index >= 15 is 0 Å². The Kier molecular flexibility index (Phi) is 12.3. The van der Waals surface area contributed by atoms with E-state index in [9.17, 15) is 18.0 Å². The lowest BCUT2D eigenvalue weighted by atomic mass is 10.0. The number of nitrogens with one attached hydrogen (secondary N) is 1. The summed E-state index contributed by atoms with van der Waals surface area (Å²) in [4.78, 5) is 30.4. The van der Waals surface area contributed by atoms with Gasteiger partial charge in [0, 0.05) is 19.0 Å². The zero-order valence-electron chi connectivity index (χ0n) is 29.5. The van der Waals surface area contributed by atoms with E-state index in [4.69, 9.17) is 4.74 Å². The van der Waals surface area contributed by atoms with Crippen molar-refractivity contribution in [1.29, 1.82) is 0 Å². The number of anilines is 1. The Bertz CT molecular complexity index is 2000. The average molecular weight is 704 g/mol. The van der Waals surface area contributed by atoms with Crippen LogP contribution < -0.4 is 14.4 Å². The molecule has 0 spiro atoms. The van der Waals surface area contributed by atoms with Gasteiger partial charge in [-0.25, -0.2) is 8.42 Å². The standard InChI is InChI=1S/C42H45N3O5S/c1-5-33(4)43-42(47)40(28-34-15-8-6-9-16-34)44(29-35-17-13-12-14-32(35)3)41(46)30-45(51(48,49)39-26-20-31(2)21-27-39)36-22-24-38(25-23-36)50-37-18-10-7-11-19-37/h6-27,33,40H,5,28-30H2,1-4H3,(H,43,47)/t33-,40+/m0/s1. The summed E-state index contributed by atoms with van der Waals surface area (Å²) in [5.74, 6) is 0.329. The maximum absolute atomic E-state index is 14.8. The van der Waals surface area contributed by atoms with Gasteiger partial charge in [-0.15, -0.1) is 0 Å². The molecule has 0 aliphatic heterocycles. The van der Waals surface area contributed by atoms with E-state index in [0.717, 1.165) is 26.6 Å². The van der Waals surface area contributed by atoms with Crippen LogP contribution >= 0.6 is 0 Å². The van der Waals surface area contributed by atoms with Crippen LogP contribution in [0, 0.1) is 13.8 Å². The lowest BCUT2D eigenvalue weighted by Crippen LogP contribution is -2.54. The molecule has 9 heteroatoms. The molecule has 0 bridgehead atoms. The fraction of sp³-hybridized carbons (Fsp3) is 0.238. The Labute approximate surface area is 301 Å². The molecule has 5 aromatic carbocycles. The average Bonchev–Trinajstić information content (AvgIpc) is 3.14. The normalized spacial score (nSPS) is 12.4. The number of para-hydroxylation sites is 1. The molecule has 0 unspecified atom stereocenters. The molecule has 5 aromatic rings. The van der Waals surface area contributed by atoms with Crippen molar-refractivity contribution in [2.75, 3.05) is 10.8 Å². The first-order chi connectivity index (χ1) is 24.5. The minimum atomic E-state index is -4.24. The van der Waals surface area contributed by atoms with E-state index in [1.165, 1.54) is 17.0 Å². The highest BCUT2D eigenvalue weighted by Gasteiger charge is 2.35. The number of aryl methyl sites for hydroxylation is 2. The molecule has 0 fully saturated rings. The van der Waals surface area contributed by atoms with Crippen LogP contribution in [-0.2, 0) is 32.6 Å². The van der Waals surface area contributed by atoms with Crippen LogP contribution in [0.4, 0.5) is 5.69 Å². The van der Waals surface area contributed by atoms with Gasteiger partial charge in [-0.3, -0.25) is 13.9 Å². The van der Waals surface area contributed by atoms with E-state index in [0.29, 0.717) is 17.9 Å². The predicted molar refractivity (Wildman–Crippen MR) is 202 cm³/mol. The third-order valence-corrected chi connectivity index (χ3v) is 10.7. The van der Waals surface area contributed by atoms with Gasteiger partial charge >= 0.3 is 0 Å². The van der Waals surface area contributed by atoms with Crippen molar-refractivity contribution in [3.05, 3.63) is 156 Å². The summed E-state index contributed by atoms with van der Waals surface area (Å²) in [5.41, 5.74) is 3.87. The SMILES string of the molecule is CC[C@H](C)NC(=O)[C@@H](Cc1ccccc1)N(Cc1ccccc1C)C(=O)CN(c1ccc(Oc2ccccc2)cc1)S(=O)(=O)c1ccc(C)cc1. The summed E-state index contributed by atoms with van der Waals surface area (Å²) in [6.45, 7) is 7.31. The Morgan fingerprint density at radius 2 is 1.33 bits per heavy atom. The van der Waals surface area contributed by atoms with Crippen LogP contribution in [0.1, 0.15) is 42.5 Å². The first-order valence-corrected chi connectivity index (χ1v) is 18.6. The number of rotatable bonds is 15. The zero-order valence-corrected chi connectivity index (χ0v) is 30.3. The lowest BCUT2D eigenvalue weighted by molar-refractivity contribution is -0.140. The summed E-state index contributed by atoms with van der Waals surface area (Å²) >= 11 is 0. The third-order valence-electron chi connectivity index (χ3n) is 8.87. The summed E-state index contributed by atoms with van der Waals surface area (Å²) in [6.07, 6.45) is 0.957. The van der Waals surface area contributed by atoms with Crippen LogP contribution in [-0.4, -0.2) is 43.8 Å². The summed E-state index contributed by atoms with van der Waals surface area (Å²) in [5, 5.41) is 3.08. The zero-order chi connectivity index (χ0) is 36.4. The Morgan fingerprint density at radius 1 is 0.745 bits per heavy atom. The molecule has 0 aliphatic rings. The number of amides is 2. The number of nitrogens with zero attached hydrogens (tertiary/aromatic N) is 2. The monoisotopic (exact) mass is 703 g/mol. The molecular formula is C42H45N3O5S. The van der Waals surface area contributed by atoms with E-state index in [1.54, 1.807) is 36.4 Å². The van der Waals surface area contributed by atoms with E-state index in [2.05, 4.69) is 5.32 Å². The smallest absolute Gasteiger partial charge is 0.264 e. The first kappa shape index (κ1) is 36.9. The second kappa shape index (κ2) is 17.0. The maximum Gasteiger partial charge on any atom is 0.264 e. The molecule has 0 aliphatic carbocycles. The van der Waals surface area contributed by atoms with Crippen molar-refractivity contribution in [3.8, 4) is 11.5 Å². The highest BCUT2D eigenvalue weighted by Crippen LogP contribution is 2.29. The number of hydrogen-bond donors (Lipinski definition) is 1. The molecule has 0 radical (unpaired) electrons. The van der Waals surface area contributed by atoms with E-state index in [1.807, 2.05) is 113 Å². The first-order valence-electron chi connectivity index (χ1n) is 17.2. The number of carbonyl (C=O) groups excluding carboxylic acids is 2. The molecule has 8 nitrogen and oxygen atoms in total. The highest BCUT2D eigenvalue weighted by atomic mass is 32.2. The van der Waals surface area contributed by atoms with Crippen molar-refractivity contribution >= 4 is 27.5 Å². The van der Waals surface area contributed by atoms with Gasteiger partial charge in [0.2, 0.25) is 11.8 Å². The van der Waals surface area contributed by atoms with Crippen molar-refractivity contribution in [2.24, 2.45) is 0 Å². The molecule has 51 heavy (non-hydrogen) atoms. The molecular weight excluding hydrogens is 659 g/mol. The fourth-order valence-electron chi connectivity index (χ4n) is 5.64. The molecule has 0 saturated carbocycles. The van der Waals surface area contributed by atoms with Gasteiger partial charge in [-0.05, 0) is 92.4 Å². The minimum Gasteiger partial charge on any atom is -0.457 e. The molecule has 1 N–H and O–H groups in total. The van der Waals surface area contributed by atoms with E-state index in [-0.39, 0.29) is 35.5 Å². The molecule has 0 saturated heterocycles. The quantitative estimate of drug-likeness (QED) is 0.120. The van der Waals surface area contributed by atoms with Gasteiger partial charge in [0.05, 0.1) is 10.6 Å². The molecule has 5 rings (SSSR count). The topological polar surface area (TPSA) is 96.0 Å². The van der Waals surface area contributed by atoms with Crippen LogP contribution in [0.15, 0.2) is 138 Å². The third kappa shape index (κ3) is 9.64. The number of carbonyl (C=O) groups is 2. The lowest BCUT2D eigenvalue weighted by Gasteiger charge is -2.34. The second-order valence-electron chi connectivity index (χ2n) is 12.7. The minimum absolute atomic E-state index is 0.0475. The molecule has 2 amide bonds. The van der Waals surface area contributed by atoms with Gasteiger partial charge in [0.15, 0.2) is 0 Å². The Hall–Kier alpha value is -5.41. The Morgan fingerprint density at radius 3 is 1.96 bits per heavy atom. The molecule has 264 valence electrons. The largest absolute Gasteiger partial charge is 0.457 e. The van der Waals surface area contributed by atoms with Crippen molar-refractivity contribution in [1.82, 2.24) is 10.2 Å². The van der Waals surface area contributed by atoms with Crippen LogP contribution in [0.3, 0.4) is 0 Å². The van der Waals surface area contributed by atoms with Crippen LogP contribution in [0.5, 0.6) is 11.5 Å². The van der Waals surface area contributed by atoms with Crippen LogP contribution in [0.2, 0.25) is 0 Å².